The topological polar surface area (TPSA) is 106 Å². The molecule has 0 bridgehead atoms. The van der Waals surface area contributed by atoms with Crippen LogP contribution in [-0.2, 0) is 0 Å². The second-order valence-corrected chi connectivity index (χ2v) is 6.69. The van der Waals surface area contributed by atoms with E-state index in [0.717, 1.165) is 10.0 Å². The van der Waals surface area contributed by atoms with Crippen molar-refractivity contribution in [1.29, 1.82) is 5.26 Å². The molecule has 0 unspecified atom stereocenters. The van der Waals surface area contributed by atoms with Crippen molar-refractivity contribution in [3.05, 3.63) is 26.0 Å². The van der Waals surface area contributed by atoms with Crippen molar-refractivity contribution in [3.8, 4) is 17.6 Å². The summed E-state index contributed by atoms with van der Waals surface area (Å²) >= 11 is 8.29. The smallest absolute Gasteiger partial charge is 0.205 e. The van der Waals surface area contributed by atoms with Gasteiger partial charge >= 0.3 is 0 Å². The summed E-state index contributed by atoms with van der Waals surface area (Å²) in [6, 6.07) is 3.71. The first-order valence-electron chi connectivity index (χ1n) is 6.71. The zero-order valence-electron chi connectivity index (χ0n) is 12.5. The number of hydrazone groups is 1. The molecule has 0 aliphatic rings. The summed E-state index contributed by atoms with van der Waals surface area (Å²) in [5.74, 6) is 1.42. The molecule has 0 aliphatic carbocycles. The number of nitrogens with one attached hydrogen (secondary N) is 1. The van der Waals surface area contributed by atoms with Crippen LogP contribution in [0.4, 0.5) is 10.9 Å². The number of nitrogen functional groups attached to an aromatic ring is 1. The van der Waals surface area contributed by atoms with Gasteiger partial charge < -0.3 is 15.2 Å². The molecule has 1 aromatic carbocycles. The van der Waals surface area contributed by atoms with Crippen molar-refractivity contribution in [2.75, 3.05) is 24.4 Å². The quantitative estimate of drug-likeness (QED) is 0.464. The number of benzene rings is 1. The second kappa shape index (κ2) is 8.86. The van der Waals surface area contributed by atoms with E-state index in [-0.39, 0.29) is 6.61 Å². The number of nitriles is 1. The third-order valence-electron chi connectivity index (χ3n) is 2.62. The van der Waals surface area contributed by atoms with Crippen LogP contribution >= 0.6 is 43.2 Å². The lowest BCUT2D eigenvalue weighted by molar-refractivity contribution is 0.297. The Hall–Kier alpha value is -1.83. The Morgan fingerprint density at radius 1 is 1.46 bits per heavy atom. The van der Waals surface area contributed by atoms with Gasteiger partial charge in [0.15, 0.2) is 18.1 Å². The van der Waals surface area contributed by atoms with Crippen molar-refractivity contribution in [2.45, 2.75) is 6.92 Å². The fraction of sp³-hybridized carbons (Fsp3) is 0.214. The van der Waals surface area contributed by atoms with E-state index in [2.05, 4.69) is 47.4 Å². The Labute approximate surface area is 159 Å². The van der Waals surface area contributed by atoms with Gasteiger partial charge in [-0.25, -0.2) is 4.98 Å². The van der Waals surface area contributed by atoms with Crippen LogP contribution in [-0.4, -0.2) is 24.4 Å². The molecule has 0 radical (unpaired) electrons. The molecule has 0 saturated heterocycles. The van der Waals surface area contributed by atoms with Crippen LogP contribution in [0.1, 0.15) is 12.5 Å². The summed E-state index contributed by atoms with van der Waals surface area (Å²) in [5, 5.41) is 15.2. The van der Waals surface area contributed by atoms with Gasteiger partial charge in [0.1, 0.15) is 11.9 Å². The molecular weight excluding hydrogens is 462 g/mol. The summed E-state index contributed by atoms with van der Waals surface area (Å²) in [6.45, 7) is 2.25. The number of hydrogen-bond acceptors (Lipinski definition) is 8. The van der Waals surface area contributed by atoms with Crippen molar-refractivity contribution >= 4 is 60.4 Å². The zero-order valence-corrected chi connectivity index (χ0v) is 16.5. The molecule has 1 heterocycles. The summed E-state index contributed by atoms with van der Waals surface area (Å²) < 4.78 is 12.4. The normalized spacial score (nSPS) is 10.6. The van der Waals surface area contributed by atoms with Crippen LogP contribution < -0.4 is 20.6 Å². The monoisotopic (exact) mass is 473 g/mol. The van der Waals surface area contributed by atoms with Crippen LogP contribution in [0.3, 0.4) is 0 Å². The average Bonchev–Trinajstić information content (AvgIpc) is 2.97. The summed E-state index contributed by atoms with van der Waals surface area (Å²) in [6.07, 6.45) is 1.61. The number of thiazole rings is 1. The van der Waals surface area contributed by atoms with Gasteiger partial charge in [0.2, 0.25) is 5.13 Å². The number of ether oxygens (including phenoxy) is 2. The molecule has 7 nitrogen and oxygen atoms in total. The molecule has 126 valence electrons. The number of halogens is 2. The molecule has 24 heavy (non-hydrogen) atoms. The van der Waals surface area contributed by atoms with E-state index < -0.39 is 0 Å². The van der Waals surface area contributed by atoms with E-state index in [4.69, 9.17) is 20.5 Å². The molecule has 0 amide bonds. The first-order chi connectivity index (χ1) is 11.6. The molecule has 1 aromatic heterocycles. The maximum atomic E-state index is 8.70. The zero-order chi connectivity index (χ0) is 17.5. The van der Waals surface area contributed by atoms with Crippen LogP contribution in [0.25, 0.3) is 0 Å². The first kappa shape index (κ1) is 18.5. The van der Waals surface area contributed by atoms with Gasteiger partial charge in [0, 0.05) is 15.4 Å². The van der Waals surface area contributed by atoms with Crippen LogP contribution in [0.15, 0.2) is 25.5 Å². The Morgan fingerprint density at radius 2 is 2.25 bits per heavy atom. The molecule has 0 spiro atoms. The first-order valence-corrected chi connectivity index (χ1v) is 9.18. The molecule has 10 heteroatoms. The molecule has 0 atom stereocenters. The number of rotatable bonds is 7. The summed E-state index contributed by atoms with van der Waals surface area (Å²) in [5.41, 5.74) is 9.12. The average molecular weight is 475 g/mol. The Kier molecular flexibility index (Phi) is 6.84. The molecule has 0 aliphatic heterocycles. The standard InChI is InChI=1S/C14H13Br2N5O2S/c1-2-22-9-5-8(6-19-21-14-20-10(18)7-24-14)11(15)12(16)13(9)23-4-3-17/h5-7H,2,4,18H2,1H3,(H,20,21). The predicted molar refractivity (Wildman–Crippen MR) is 102 cm³/mol. The van der Waals surface area contributed by atoms with Gasteiger partial charge in [-0.3, -0.25) is 5.43 Å². The van der Waals surface area contributed by atoms with Crippen molar-refractivity contribution in [2.24, 2.45) is 5.10 Å². The Bertz CT molecular complexity index is 788. The van der Waals surface area contributed by atoms with E-state index in [9.17, 15) is 0 Å². The molecule has 2 rings (SSSR count). The minimum Gasteiger partial charge on any atom is -0.490 e. The van der Waals surface area contributed by atoms with Gasteiger partial charge in [-0.15, -0.1) is 11.3 Å². The maximum Gasteiger partial charge on any atom is 0.205 e. The third-order valence-corrected chi connectivity index (χ3v) is 5.53. The highest BCUT2D eigenvalue weighted by Crippen LogP contribution is 2.42. The highest BCUT2D eigenvalue weighted by Gasteiger charge is 2.16. The minimum absolute atomic E-state index is 0.0778. The summed E-state index contributed by atoms with van der Waals surface area (Å²) in [4.78, 5) is 4.05. The predicted octanol–water partition coefficient (Wildman–Crippen LogP) is 4.00. The molecule has 0 saturated carbocycles. The highest BCUT2D eigenvalue weighted by molar-refractivity contribution is 9.13. The molecule has 3 N–H and O–H groups in total. The van der Waals surface area contributed by atoms with Gasteiger partial charge in [-0.05, 0) is 44.8 Å². The number of aromatic nitrogens is 1. The molecule has 0 fully saturated rings. The van der Waals surface area contributed by atoms with Gasteiger partial charge in [-0.1, -0.05) is 0 Å². The Balaban J connectivity index is 2.27. The van der Waals surface area contributed by atoms with E-state index in [1.54, 1.807) is 17.7 Å². The van der Waals surface area contributed by atoms with Crippen molar-refractivity contribution in [1.82, 2.24) is 4.98 Å². The Morgan fingerprint density at radius 3 is 2.88 bits per heavy atom. The number of nitrogens with zero attached hydrogens (tertiary/aromatic N) is 3. The number of anilines is 2. The van der Waals surface area contributed by atoms with Gasteiger partial charge in [0.25, 0.3) is 0 Å². The molecular formula is C14H13Br2N5O2S. The number of hydrogen-bond donors (Lipinski definition) is 2. The van der Waals surface area contributed by atoms with Gasteiger partial charge in [-0.2, -0.15) is 10.4 Å². The largest absolute Gasteiger partial charge is 0.490 e. The SMILES string of the molecule is CCOc1cc(C=NNc2nc(N)cs2)c(Br)c(Br)c1OCC#N. The fourth-order valence-electron chi connectivity index (χ4n) is 1.69. The summed E-state index contributed by atoms with van der Waals surface area (Å²) in [7, 11) is 0. The maximum absolute atomic E-state index is 8.70. The third kappa shape index (κ3) is 4.59. The highest BCUT2D eigenvalue weighted by atomic mass is 79.9. The van der Waals surface area contributed by atoms with Crippen LogP contribution in [0, 0.1) is 11.3 Å². The van der Waals surface area contributed by atoms with Crippen LogP contribution in [0.2, 0.25) is 0 Å². The molecule has 2 aromatic rings. The lowest BCUT2D eigenvalue weighted by Crippen LogP contribution is -2.02. The van der Waals surface area contributed by atoms with Gasteiger partial charge in [0.05, 0.1) is 17.3 Å². The van der Waals surface area contributed by atoms with E-state index in [1.807, 2.05) is 13.0 Å². The van der Waals surface area contributed by atoms with Crippen molar-refractivity contribution in [3.63, 3.8) is 0 Å². The van der Waals surface area contributed by atoms with E-state index in [0.29, 0.717) is 33.5 Å². The fourth-order valence-corrected chi connectivity index (χ4v) is 3.18. The van der Waals surface area contributed by atoms with E-state index in [1.165, 1.54) is 11.3 Å². The van der Waals surface area contributed by atoms with Crippen LogP contribution in [0.5, 0.6) is 11.5 Å². The second-order valence-electron chi connectivity index (χ2n) is 4.25. The lowest BCUT2D eigenvalue weighted by Gasteiger charge is -2.14. The van der Waals surface area contributed by atoms with E-state index >= 15 is 0 Å². The minimum atomic E-state index is -0.0778. The number of nitrogens with two attached hydrogens (primary N) is 1. The van der Waals surface area contributed by atoms with Crippen molar-refractivity contribution < 1.29 is 9.47 Å². The lowest BCUT2D eigenvalue weighted by atomic mass is 10.2.